The van der Waals surface area contributed by atoms with Gasteiger partial charge in [-0.3, -0.25) is 4.79 Å². The quantitative estimate of drug-likeness (QED) is 0.424. The number of carbonyl (C=O) groups is 1. The Balaban J connectivity index is 1.23. The number of hydrogen-bond acceptors (Lipinski definition) is 2. The van der Waals surface area contributed by atoms with Crippen molar-refractivity contribution in [2.75, 3.05) is 21.1 Å². The molecule has 9 atom stereocenters. The van der Waals surface area contributed by atoms with Crippen LogP contribution in [-0.2, 0) is 11.2 Å². The zero-order valence-corrected chi connectivity index (χ0v) is 24.0. The molecule has 3 heteroatoms. The zero-order chi connectivity index (χ0) is 25.7. The fraction of sp³-hybridized carbons (Fsp3) is 0.788. The summed E-state index contributed by atoms with van der Waals surface area (Å²) >= 11 is 0. The minimum atomic E-state index is 0.335. The Morgan fingerprint density at radius 1 is 0.917 bits per heavy atom. The topological polar surface area (TPSA) is 23.6 Å². The smallest absolute Gasteiger partial charge is 0.222 e. The van der Waals surface area contributed by atoms with Crippen molar-refractivity contribution in [3.8, 4) is 0 Å². The molecule has 0 bridgehead atoms. The molecule has 4 saturated carbocycles. The lowest BCUT2D eigenvalue weighted by Crippen LogP contribution is -2.56. The maximum atomic E-state index is 13.1. The summed E-state index contributed by atoms with van der Waals surface area (Å²) in [5, 5.41) is 0. The molecular weight excluding hydrogens is 440 g/mol. The predicted molar refractivity (Wildman–Crippen MR) is 150 cm³/mol. The summed E-state index contributed by atoms with van der Waals surface area (Å²) in [4.78, 5) is 17.7. The van der Waals surface area contributed by atoms with Crippen molar-refractivity contribution in [2.45, 2.75) is 103 Å². The van der Waals surface area contributed by atoms with Crippen LogP contribution in [0.4, 0.5) is 0 Å². The zero-order valence-electron chi connectivity index (χ0n) is 24.0. The summed E-state index contributed by atoms with van der Waals surface area (Å²) in [6.45, 7) is 7.81. The Labute approximate surface area is 221 Å². The lowest BCUT2D eigenvalue weighted by Gasteiger charge is -2.62. The Hall–Kier alpha value is -1.35. The molecule has 200 valence electrons. The summed E-state index contributed by atoms with van der Waals surface area (Å²) in [5.74, 6) is 4.76. The van der Waals surface area contributed by atoms with Crippen LogP contribution >= 0.6 is 0 Å². The van der Waals surface area contributed by atoms with E-state index in [0.29, 0.717) is 35.2 Å². The van der Waals surface area contributed by atoms with Crippen LogP contribution in [0.5, 0.6) is 0 Å². The van der Waals surface area contributed by atoms with E-state index in [1.54, 1.807) is 0 Å². The van der Waals surface area contributed by atoms with Crippen LogP contribution in [0.2, 0.25) is 0 Å². The number of aryl methyl sites for hydroxylation is 1. The standard InChI is InChI=1S/C33H52N2O/c1-23(34(4)5)28-15-16-29-27-14-13-25-22-26(18-20-32(25,2)30(27)19-21-33(28,29)3)35(6)31(36)17-12-24-10-8-7-9-11-24/h7-11,23,25-30H,12-22H2,1-6H3/t23-,25-,26-,27-,28+,29-,30-,32-,33+/m0/s1. The third-order valence-corrected chi connectivity index (χ3v) is 12.5. The molecular formula is C33H52N2O. The third-order valence-electron chi connectivity index (χ3n) is 12.5. The van der Waals surface area contributed by atoms with E-state index in [1.165, 1.54) is 63.4 Å². The second kappa shape index (κ2) is 10.1. The van der Waals surface area contributed by atoms with Gasteiger partial charge < -0.3 is 9.80 Å². The molecule has 0 unspecified atom stereocenters. The highest BCUT2D eigenvalue weighted by Crippen LogP contribution is 2.68. The van der Waals surface area contributed by atoms with E-state index in [1.807, 2.05) is 6.07 Å². The van der Waals surface area contributed by atoms with Crippen LogP contribution < -0.4 is 0 Å². The Morgan fingerprint density at radius 2 is 1.61 bits per heavy atom. The van der Waals surface area contributed by atoms with Gasteiger partial charge in [0.1, 0.15) is 0 Å². The van der Waals surface area contributed by atoms with E-state index in [9.17, 15) is 4.79 Å². The van der Waals surface area contributed by atoms with Gasteiger partial charge in [-0.15, -0.1) is 0 Å². The highest BCUT2D eigenvalue weighted by Gasteiger charge is 2.61. The maximum Gasteiger partial charge on any atom is 0.222 e. The molecule has 1 amide bonds. The molecule has 5 rings (SSSR count). The Morgan fingerprint density at radius 3 is 2.33 bits per heavy atom. The average Bonchev–Trinajstić information content (AvgIpc) is 3.23. The van der Waals surface area contributed by atoms with Crippen LogP contribution in [-0.4, -0.2) is 48.9 Å². The van der Waals surface area contributed by atoms with E-state index in [0.717, 1.165) is 36.0 Å². The highest BCUT2D eigenvalue weighted by molar-refractivity contribution is 5.76. The van der Waals surface area contributed by atoms with Crippen LogP contribution in [0.1, 0.15) is 90.5 Å². The first-order valence-electron chi connectivity index (χ1n) is 15.1. The first-order valence-corrected chi connectivity index (χ1v) is 15.1. The molecule has 1 aromatic rings. The minimum absolute atomic E-state index is 0.335. The van der Waals surface area contributed by atoms with Crippen molar-refractivity contribution in [3.63, 3.8) is 0 Å². The average molecular weight is 493 g/mol. The van der Waals surface area contributed by atoms with Crippen molar-refractivity contribution in [2.24, 2.45) is 40.4 Å². The lowest BCUT2D eigenvalue weighted by molar-refractivity contribution is -0.141. The van der Waals surface area contributed by atoms with Crippen molar-refractivity contribution in [3.05, 3.63) is 35.9 Å². The molecule has 0 spiro atoms. The van der Waals surface area contributed by atoms with Gasteiger partial charge in [-0.05, 0) is 131 Å². The molecule has 4 fully saturated rings. The second-order valence-electron chi connectivity index (χ2n) is 14.0. The molecule has 0 N–H and O–H groups in total. The van der Waals surface area contributed by atoms with Crippen LogP contribution in [0.3, 0.4) is 0 Å². The van der Waals surface area contributed by atoms with E-state index < -0.39 is 0 Å². The number of benzene rings is 1. The molecule has 4 aliphatic carbocycles. The predicted octanol–water partition coefficient (Wildman–Crippen LogP) is 7.06. The first kappa shape index (κ1) is 26.3. The van der Waals surface area contributed by atoms with Gasteiger partial charge in [0.05, 0.1) is 0 Å². The number of hydrogen-bond donors (Lipinski definition) is 0. The number of nitrogens with zero attached hydrogens (tertiary/aromatic N) is 2. The summed E-state index contributed by atoms with van der Waals surface area (Å²) in [7, 11) is 6.64. The third kappa shape index (κ3) is 4.46. The summed E-state index contributed by atoms with van der Waals surface area (Å²) in [6, 6.07) is 11.6. The monoisotopic (exact) mass is 492 g/mol. The van der Waals surface area contributed by atoms with Gasteiger partial charge in [-0.25, -0.2) is 0 Å². The highest BCUT2D eigenvalue weighted by atomic mass is 16.2. The Kier molecular flexibility index (Phi) is 7.36. The molecule has 4 aliphatic rings. The van der Waals surface area contributed by atoms with E-state index in [4.69, 9.17) is 0 Å². The van der Waals surface area contributed by atoms with Crippen molar-refractivity contribution >= 4 is 5.91 Å². The van der Waals surface area contributed by atoms with E-state index in [2.05, 4.69) is 76.0 Å². The van der Waals surface area contributed by atoms with E-state index in [-0.39, 0.29) is 0 Å². The molecule has 0 heterocycles. The molecule has 0 radical (unpaired) electrons. The van der Waals surface area contributed by atoms with E-state index >= 15 is 0 Å². The van der Waals surface area contributed by atoms with Gasteiger partial charge in [0.25, 0.3) is 0 Å². The molecule has 1 aromatic carbocycles. The van der Waals surface area contributed by atoms with Gasteiger partial charge in [-0.2, -0.15) is 0 Å². The Bertz CT molecular complexity index is 914. The molecule has 0 saturated heterocycles. The van der Waals surface area contributed by atoms with Crippen LogP contribution in [0, 0.1) is 40.4 Å². The second-order valence-corrected chi connectivity index (χ2v) is 14.0. The number of carbonyl (C=O) groups excluding carboxylic acids is 1. The lowest BCUT2D eigenvalue weighted by atomic mass is 9.44. The maximum absolute atomic E-state index is 13.1. The van der Waals surface area contributed by atoms with Crippen LogP contribution in [0.25, 0.3) is 0 Å². The first-order chi connectivity index (χ1) is 17.1. The molecule has 0 aromatic heterocycles. The molecule has 3 nitrogen and oxygen atoms in total. The fourth-order valence-corrected chi connectivity index (χ4v) is 10.1. The summed E-state index contributed by atoms with van der Waals surface area (Å²) < 4.78 is 0. The van der Waals surface area contributed by atoms with Gasteiger partial charge in [-0.1, -0.05) is 44.2 Å². The number of rotatable bonds is 6. The summed E-state index contributed by atoms with van der Waals surface area (Å²) in [5.41, 5.74) is 2.29. The molecule has 36 heavy (non-hydrogen) atoms. The summed E-state index contributed by atoms with van der Waals surface area (Å²) in [6.07, 6.45) is 13.8. The van der Waals surface area contributed by atoms with Gasteiger partial charge >= 0.3 is 0 Å². The number of fused-ring (bicyclic) bond motifs is 5. The molecule has 0 aliphatic heterocycles. The largest absolute Gasteiger partial charge is 0.343 e. The number of amides is 1. The van der Waals surface area contributed by atoms with Crippen LogP contribution in [0.15, 0.2) is 30.3 Å². The van der Waals surface area contributed by atoms with Crippen molar-refractivity contribution in [1.82, 2.24) is 9.80 Å². The minimum Gasteiger partial charge on any atom is -0.343 e. The van der Waals surface area contributed by atoms with Gasteiger partial charge in [0, 0.05) is 25.6 Å². The van der Waals surface area contributed by atoms with Crippen molar-refractivity contribution in [1.29, 1.82) is 0 Å². The van der Waals surface area contributed by atoms with Gasteiger partial charge in [0.2, 0.25) is 5.91 Å². The normalized spacial score (nSPS) is 40.8. The fourth-order valence-electron chi connectivity index (χ4n) is 10.1. The van der Waals surface area contributed by atoms with Gasteiger partial charge in [0.15, 0.2) is 0 Å². The SMILES string of the molecule is C[C@@H]([C@H]1CC[C@H]2[C@@H]3CC[C@H]4C[C@@H](N(C)C(=O)CCc5ccccc5)CC[C@]4(C)[C@H]3CC[C@]12C)N(C)C. The van der Waals surface area contributed by atoms with Crippen molar-refractivity contribution < 1.29 is 4.79 Å².